The van der Waals surface area contributed by atoms with Crippen molar-refractivity contribution in [3.63, 3.8) is 0 Å². The number of aliphatic carboxylic acids is 1. The fraction of sp³-hybridized carbons (Fsp3) is 0.333. The fourth-order valence-electron chi connectivity index (χ4n) is 3.20. The van der Waals surface area contributed by atoms with Crippen molar-refractivity contribution in [1.29, 1.82) is 0 Å². The molecule has 2 aromatic rings. The topological polar surface area (TPSA) is 66.4 Å². The molecule has 0 unspecified atom stereocenters. The summed E-state index contributed by atoms with van der Waals surface area (Å²) in [6.45, 7) is 0. The molecule has 1 aliphatic rings. The molecule has 26 heavy (non-hydrogen) atoms. The highest BCUT2D eigenvalue weighted by atomic mass is 32.2. The maximum atomic E-state index is 12.4. The van der Waals surface area contributed by atoms with Gasteiger partial charge >= 0.3 is 5.97 Å². The summed E-state index contributed by atoms with van der Waals surface area (Å²) in [7, 11) is 0. The Morgan fingerprint density at radius 2 is 1.62 bits per heavy atom. The van der Waals surface area contributed by atoms with E-state index in [0.29, 0.717) is 18.4 Å². The van der Waals surface area contributed by atoms with Gasteiger partial charge in [-0.15, -0.1) is 11.8 Å². The van der Waals surface area contributed by atoms with E-state index in [9.17, 15) is 9.59 Å². The van der Waals surface area contributed by atoms with Crippen molar-refractivity contribution in [2.45, 2.75) is 42.4 Å². The number of nitrogens with one attached hydrogen (secondary N) is 1. The number of hydrogen-bond donors (Lipinski definition) is 2. The van der Waals surface area contributed by atoms with Crippen LogP contribution in [0.2, 0.25) is 0 Å². The lowest BCUT2D eigenvalue weighted by Crippen LogP contribution is -2.38. The number of carboxylic acids is 1. The highest BCUT2D eigenvalue weighted by molar-refractivity contribution is 7.98. The predicted octanol–water partition coefficient (Wildman–Crippen LogP) is 4.35. The third-order valence-corrected chi connectivity index (χ3v) is 5.86. The summed E-state index contributed by atoms with van der Waals surface area (Å²) in [5, 5.41) is 12.1. The van der Waals surface area contributed by atoms with Crippen molar-refractivity contribution in [3.05, 3.63) is 65.7 Å². The van der Waals surface area contributed by atoms with Crippen molar-refractivity contribution in [2.75, 3.05) is 0 Å². The molecular weight excluding hydrogens is 346 g/mol. The van der Waals surface area contributed by atoms with Crippen LogP contribution in [0.3, 0.4) is 0 Å². The first kappa shape index (κ1) is 18.5. The molecule has 0 aromatic heterocycles. The van der Waals surface area contributed by atoms with Crippen LogP contribution in [-0.4, -0.2) is 23.0 Å². The van der Waals surface area contributed by atoms with Gasteiger partial charge in [0.1, 0.15) is 0 Å². The van der Waals surface area contributed by atoms with E-state index in [0.717, 1.165) is 23.5 Å². The van der Waals surface area contributed by atoms with Crippen molar-refractivity contribution in [3.8, 4) is 0 Å². The van der Waals surface area contributed by atoms with E-state index in [2.05, 4.69) is 17.4 Å². The highest BCUT2D eigenvalue weighted by Crippen LogP contribution is 2.25. The van der Waals surface area contributed by atoms with E-state index in [1.165, 1.54) is 5.56 Å². The Kier molecular flexibility index (Phi) is 6.34. The molecular formula is C21H23NO3S. The Balaban J connectivity index is 1.48. The maximum absolute atomic E-state index is 12.4. The van der Waals surface area contributed by atoms with Gasteiger partial charge in [0.2, 0.25) is 0 Å². The number of carbonyl (C=O) groups excluding carboxylic acids is 1. The first-order valence-electron chi connectivity index (χ1n) is 8.92. The SMILES string of the molecule is O=C(NC1CCC(C(=O)O)CC1)c1ccc(SCc2ccccc2)cc1. The van der Waals surface area contributed by atoms with Crippen LogP contribution in [0.25, 0.3) is 0 Å². The first-order valence-corrected chi connectivity index (χ1v) is 9.91. The van der Waals surface area contributed by atoms with Gasteiger partial charge in [-0.05, 0) is 55.5 Å². The molecule has 1 amide bonds. The summed E-state index contributed by atoms with van der Waals surface area (Å²) in [6.07, 6.45) is 2.73. The van der Waals surface area contributed by atoms with E-state index in [-0.39, 0.29) is 17.9 Å². The monoisotopic (exact) mass is 369 g/mol. The molecule has 5 heteroatoms. The quantitative estimate of drug-likeness (QED) is 0.743. The minimum Gasteiger partial charge on any atom is -0.481 e. The van der Waals surface area contributed by atoms with Gasteiger partial charge in [-0.25, -0.2) is 0 Å². The van der Waals surface area contributed by atoms with Gasteiger partial charge in [-0.1, -0.05) is 30.3 Å². The Morgan fingerprint density at radius 3 is 2.23 bits per heavy atom. The van der Waals surface area contributed by atoms with Gasteiger partial charge in [0.25, 0.3) is 5.91 Å². The van der Waals surface area contributed by atoms with Crippen molar-refractivity contribution in [1.82, 2.24) is 5.32 Å². The van der Waals surface area contributed by atoms with Gasteiger partial charge in [-0.3, -0.25) is 9.59 Å². The molecule has 0 atom stereocenters. The molecule has 3 rings (SSSR count). The average Bonchev–Trinajstić information content (AvgIpc) is 2.68. The van der Waals surface area contributed by atoms with Crippen LogP contribution < -0.4 is 5.32 Å². The second-order valence-electron chi connectivity index (χ2n) is 6.66. The van der Waals surface area contributed by atoms with E-state index in [4.69, 9.17) is 5.11 Å². The zero-order valence-corrected chi connectivity index (χ0v) is 15.4. The molecule has 2 aromatic carbocycles. The van der Waals surface area contributed by atoms with E-state index < -0.39 is 5.97 Å². The average molecular weight is 369 g/mol. The molecule has 1 aliphatic carbocycles. The molecule has 1 saturated carbocycles. The van der Waals surface area contributed by atoms with Crippen LogP contribution in [0.1, 0.15) is 41.6 Å². The lowest BCUT2D eigenvalue weighted by atomic mass is 9.86. The minimum atomic E-state index is -0.724. The van der Waals surface area contributed by atoms with Gasteiger partial charge in [0.05, 0.1) is 5.92 Å². The number of carbonyl (C=O) groups is 2. The molecule has 0 aliphatic heterocycles. The molecule has 0 radical (unpaired) electrons. The fourth-order valence-corrected chi connectivity index (χ4v) is 4.05. The molecule has 0 heterocycles. The van der Waals surface area contributed by atoms with Crippen LogP contribution in [0.5, 0.6) is 0 Å². The first-order chi connectivity index (χ1) is 12.6. The van der Waals surface area contributed by atoms with Crippen LogP contribution in [0.4, 0.5) is 0 Å². The van der Waals surface area contributed by atoms with Crippen LogP contribution in [0.15, 0.2) is 59.5 Å². The smallest absolute Gasteiger partial charge is 0.306 e. The molecule has 1 fully saturated rings. The van der Waals surface area contributed by atoms with Crippen LogP contribution >= 0.6 is 11.8 Å². The Bertz CT molecular complexity index is 738. The van der Waals surface area contributed by atoms with Crippen LogP contribution in [-0.2, 0) is 10.5 Å². The molecule has 2 N–H and O–H groups in total. The Hall–Kier alpha value is -2.27. The summed E-state index contributed by atoms with van der Waals surface area (Å²) in [6, 6.07) is 18.0. The second kappa shape index (κ2) is 8.90. The standard InChI is InChI=1S/C21H23NO3S/c23-20(22-18-10-6-17(7-11-18)21(24)25)16-8-12-19(13-9-16)26-14-15-4-2-1-3-5-15/h1-5,8-9,12-13,17-18H,6-7,10-11,14H2,(H,22,23)(H,24,25). The predicted molar refractivity (Wildman–Crippen MR) is 103 cm³/mol. The zero-order chi connectivity index (χ0) is 18.4. The van der Waals surface area contributed by atoms with Gasteiger partial charge < -0.3 is 10.4 Å². The lowest BCUT2D eigenvalue weighted by molar-refractivity contribution is -0.142. The summed E-state index contributed by atoms with van der Waals surface area (Å²) in [5.74, 6) is -0.162. The maximum Gasteiger partial charge on any atom is 0.306 e. The van der Waals surface area contributed by atoms with E-state index in [1.54, 1.807) is 11.8 Å². The summed E-state index contributed by atoms with van der Waals surface area (Å²) < 4.78 is 0. The lowest BCUT2D eigenvalue weighted by Gasteiger charge is -2.26. The Labute approximate surface area is 158 Å². The summed E-state index contributed by atoms with van der Waals surface area (Å²) in [5.41, 5.74) is 1.92. The number of amides is 1. The van der Waals surface area contributed by atoms with Gasteiger partial charge in [0.15, 0.2) is 0 Å². The largest absolute Gasteiger partial charge is 0.481 e. The second-order valence-corrected chi connectivity index (χ2v) is 7.71. The summed E-state index contributed by atoms with van der Waals surface area (Å²) >= 11 is 1.75. The number of hydrogen-bond acceptors (Lipinski definition) is 3. The van der Waals surface area contributed by atoms with E-state index in [1.807, 2.05) is 42.5 Å². The van der Waals surface area contributed by atoms with Crippen molar-refractivity contribution in [2.24, 2.45) is 5.92 Å². The zero-order valence-electron chi connectivity index (χ0n) is 14.6. The summed E-state index contributed by atoms with van der Waals surface area (Å²) in [4.78, 5) is 24.5. The third-order valence-electron chi connectivity index (χ3n) is 4.78. The Morgan fingerprint density at radius 1 is 0.962 bits per heavy atom. The third kappa shape index (κ3) is 5.11. The number of carboxylic acid groups (broad SMARTS) is 1. The van der Waals surface area contributed by atoms with Crippen molar-refractivity contribution < 1.29 is 14.7 Å². The van der Waals surface area contributed by atoms with Gasteiger partial charge in [-0.2, -0.15) is 0 Å². The molecule has 0 bridgehead atoms. The van der Waals surface area contributed by atoms with Crippen LogP contribution in [0, 0.1) is 5.92 Å². The normalized spacial score (nSPS) is 19.7. The van der Waals surface area contributed by atoms with Gasteiger partial charge in [0, 0.05) is 22.3 Å². The molecule has 4 nitrogen and oxygen atoms in total. The van der Waals surface area contributed by atoms with Crippen molar-refractivity contribution >= 4 is 23.6 Å². The minimum absolute atomic E-state index is 0.0743. The van der Waals surface area contributed by atoms with E-state index >= 15 is 0 Å². The number of thioether (sulfide) groups is 1. The molecule has 136 valence electrons. The number of rotatable bonds is 6. The molecule has 0 spiro atoms. The molecule has 0 saturated heterocycles. The number of benzene rings is 2. The highest BCUT2D eigenvalue weighted by Gasteiger charge is 2.26.